The molecule has 2 unspecified atom stereocenters. The summed E-state index contributed by atoms with van der Waals surface area (Å²) < 4.78 is 0. The number of carbonyl (C=O) groups excluding carboxylic acids is 1. The molecule has 0 saturated heterocycles. The summed E-state index contributed by atoms with van der Waals surface area (Å²) in [6, 6.07) is -0.624. The van der Waals surface area contributed by atoms with Gasteiger partial charge >= 0.3 is 0 Å². The number of hydrogen-bond acceptors (Lipinski definition) is 3. The van der Waals surface area contributed by atoms with E-state index >= 15 is 0 Å². The van der Waals surface area contributed by atoms with Crippen molar-refractivity contribution in [3.05, 3.63) is 85.1 Å². The first-order chi connectivity index (χ1) is 31.7. The van der Waals surface area contributed by atoms with Crippen molar-refractivity contribution in [1.29, 1.82) is 0 Å². The van der Waals surface area contributed by atoms with Gasteiger partial charge in [-0.2, -0.15) is 0 Å². The molecule has 4 heteroatoms. The molecule has 0 aromatic heterocycles. The lowest BCUT2D eigenvalue weighted by Crippen LogP contribution is -2.45. The SMILES string of the molecule is CC/C=C\C/C=C\C/C=C\C/C=C\C/C=C\C/C=C\CCCCCCCCCCCCCCCCCCCCC(=O)NC(CO)C(O)/C=C/CCCCCCCCCCCCCCC. The summed E-state index contributed by atoms with van der Waals surface area (Å²) in [7, 11) is 0. The fourth-order valence-corrected chi connectivity index (χ4v) is 8.18. The largest absolute Gasteiger partial charge is 0.394 e. The number of aliphatic hydroxyl groups excluding tert-OH is 2. The summed E-state index contributed by atoms with van der Waals surface area (Å²) in [5.74, 6) is -0.0635. The van der Waals surface area contributed by atoms with Crippen molar-refractivity contribution < 1.29 is 15.0 Å². The topological polar surface area (TPSA) is 69.6 Å². The van der Waals surface area contributed by atoms with Crippen molar-refractivity contribution in [1.82, 2.24) is 5.32 Å². The summed E-state index contributed by atoms with van der Waals surface area (Å²) in [6.07, 6.45) is 80.3. The van der Waals surface area contributed by atoms with Gasteiger partial charge in [-0.05, 0) is 70.6 Å². The first-order valence-electron chi connectivity index (χ1n) is 27.8. The predicted molar refractivity (Wildman–Crippen MR) is 285 cm³/mol. The van der Waals surface area contributed by atoms with Crippen LogP contribution in [0.4, 0.5) is 0 Å². The van der Waals surface area contributed by atoms with Gasteiger partial charge in [0.2, 0.25) is 5.91 Å². The van der Waals surface area contributed by atoms with E-state index in [0.717, 1.165) is 64.2 Å². The van der Waals surface area contributed by atoms with Gasteiger partial charge in [-0.15, -0.1) is 0 Å². The highest BCUT2D eigenvalue weighted by atomic mass is 16.3. The lowest BCUT2D eigenvalue weighted by Gasteiger charge is -2.20. The lowest BCUT2D eigenvalue weighted by molar-refractivity contribution is -0.123. The minimum absolute atomic E-state index is 0.0635. The van der Waals surface area contributed by atoms with Crippen LogP contribution in [-0.4, -0.2) is 34.9 Å². The highest BCUT2D eigenvalue weighted by molar-refractivity contribution is 5.76. The quantitative estimate of drug-likeness (QED) is 0.0421. The van der Waals surface area contributed by atoms with E-state index < -0.39 is 12.1 Å². The Morgan fingerprint density at radius 2 is 0.688 bits per heavy atom. The summed E-state index contributed by atoms with van der Waals surface area (Å²) in [5, 5.41) is 23.1. The van der Waals surface area contributed by atoms with Gasteiger partial charge in [0.25, 0.3) is 0 Å². The molecule has 0 radical (unpaired) electrons. The third-order valence-corrected chi connectivity index (χ3v) is 12.4. The van der Waals surface area contributed by atoms with Crippen LogP contribution in [0.1, 0.15) is 271 Å². The summed E-state index contributed by atoms with van der Waals surface area (Å²) >= 11 is 0. The Hall–Kier alpha value is -2.43. The van der Waals surface area contributed by atoms with Crippen LogP contribution in [0.25, 0.3) is 0 Å². The van der Waals surface area contributed by atoms with Crippen molar-refractivity contribution in [3.8, 4) is 0 Å². The van der Waals surface area contributed by atoms with Crippen molar-refractivity contribution in [3.63, 3.8) is 0 Å². The van der Waals surface area contributed by atoms with Crippen molar-refractivity contribution >= 4 is 5.91 Å². The Morgan fingerprint density at radius 3 is 1.03 bits per heavy atom. The number of hydrogen-bond donors (Lipinski definition) is 3. The molecule has 3 N–H and O–H groups in total. The van der Waals surface area contributed by atoms with Crippen molar-refractivity contribution in [2.45, 2.75) is 283 Å². The molecule has 370 valence electrons. The third-order valence-electron chi connectivity index (χ3n) is 12.4. The van der Waals surface area contributed by atoms with Crippen molar-refractivity contribution in [2.75, 3.05) is 6.61 Å². The zero-order valence-electron chi connectivity index (χ0n) is 42.5. The minimum Gasteiger partial charge on any atom is -0.394 e. The minimum atomic E-state index is -0.840. The first-order valence-corrected chi connectivity index (χ1v) is 27.8. The summed E-state index contributed by atoms with van der Waals surface area (Å²) in [4.78, 5) is 12.4. The van der Waals surface area contributed by atoms with Gasteiger partial charge in [-0.1, -0.05) is 279 Å². The van der Waals surface area contributed by atoms with E-state index in [1.807, 2.05) is 6.08 Å². The molecule has 1 amide bonds. The van der Waals surface area contributed by atoms with Gasteiger partial charge in [0.1, 0.15) is 0 Å². The molecule has 0 heterocycles. The van der Waals surface area contributed by atoms with Crippen LogP contribution in [-0.2, 0) is 4.79 Å². The molecule has 4 nitrogen and oxygen atoms in total. The number of amides is 1. The summed E-state index contributed by atoms with van der Waals surface area (Å²) in [6.45, 7) is 4.20. The maximum atomic E-state index is 12.4. The molecule has 0 spiro atoms. The molecule has 0 aliphatic heterocycles. The van der Waals surface area contributed by atoms with Gasteiger partial charge in [0, 0.05) is 6.42 Å². The second-order valence-electron chi connectivity index (χ2n) is 18.6. The second-order valence-corrected chi connectivity index (χ2v) is 18.6. The molecule has 0 saturated carbocycles. The Morgan fingerprint density at radius 1 is 0.391 bits per heavy atom. The number of nitrogens with one attached hydrogen (secondary N) is 1. The van der Waals surface area contributed by atoms with E-state index in [1.54, 1.807) is 6.08 Å². The second kappa shape index (κ2) is 54.9. The molecule has 0 bridgehead atoms. The smallest absolute Gasteiger partial charge is 0.220 e. The van der Waals surface area contributed by atoms with E-state index in [1.165, 1.54) is 186 Å². The van der Waals surface area contributed by atoms with Crippen LogP contribution in [0.15, 0.2) is 85.1 Å². The van der Waals surface area contributed by atoms with Gasteiger partial charge in [-0.3, -0.25) is 4.79 Å². The third kappa shape index (κ3) is 50.6. The zero-order chi connectivity index (χ0) is 46.3. The summed E-state index contributed by atoms with van der Waals surface area (Å²) in [5.41, 5.74) is 0. The highest BCUT2D eigenvalue weighted by Crippen LogP contribution is 2.16. The van der Waals surface area contributed by atoms with Crippen molar-refractivity contribution in [2.24, 2.45) is 0 Å². The van der Waals surface area contributed by atoms with E-state index in [0.29, 0.717) is 6.42 Å². The Bertz CT molecular complexity index is 1150. The van der Waals surface area contributed by atoms with E-state index in [4.69, 9.17) is 0 Å². The number of allylic oxidation sites excluding steroid dienone is 13. The highest BCUT2D eigenvalue weighted by Gasteiger charge is 2.18. The molecule has 0 aromatic carbocycles. The lowest BCUT2D eigenvalue weighted by atomic mass is 10.0. The van der Waals surface area contributed by atoms with Crippen LogP contribution in [0.5, 0.6) is 0 Å². The number of carbonyl (C=O) groups is 1. The fraction of sp³-hybridized carbons (Fsp3) is 0.750. The van der Waals surface area contributed by atoms with Crippen LogP contribution in [0, 0.1) is 0 Å². The van der Waals surface area contributed by atoms with Gasteiger partial charge < -0.3 is 15.5 Å². The zero-order valence-corrected chi connectivity index (χ0v) is 42.5. The van der Waals surface area contributed by atoms with Crippen LogP contribution in [0.3, 0.4) is 0 Å². The molecule has 0 aliphatic carbocycles. The van der Waals surface area contributed by atoms with E-state index in [-0.39, 0.29) is 12.5 Å². The maximum Gasteiger partial charge on any atom is 0.220 e. The normalized spacial score (nSPS) is 13.5. The van der Waals surface area contributed by atoms with E-state index in [2.05, 4.69) is 92.1 Å². The molecule has 0 fully saturated rings. The number of unbranched alkanes of at least 4 members (excludes halogenated alkanes) is 31. The van der Waals surface area contributed by atoms with Crippen LogP contribution >= 0.6 is 0 Å². The maximum absolute atomic E-state index is 12.4. The molecule has 0 aromatic rings. The van der Waals surface area contributed by atoms with Gasteiger partial charge in [0.15, 0.2) is 0 Å². The molecule has 64 heavy (non-hydrogen) atoms. The standard InChI is InChI=1S/C60H107NO3/c1-3-5-7-9-11-13-15-17-19-20-21-22-23-24-25-26-27-28-29-30-31-32-33-34-35-36-37-38-39-40-42-44-46-48-50-52-54-56-60(64)61-58(57-62)59(63)55-53-51-49-47-45-43-41-18-16-14-12-10-8-6-4-2/h5,7,11,13,17,19,21-22,24-25,27-28,53,55,58-59,62-63H,3-4,6,8-10,12,14-16,18,20,23,26,29-52,54,56-57H2,1-2H3,(H,61,64)/b7-5-,13-11-,19-17-,22-21-,25-24-,28-27-,55-53+. The molecule has 0 rings (SSSR count). The van der Waals surface area contributed by atoms with Crippen LogP contribution < -0.4 is 5.32 Å². The van der Waals surface area contributed by atoms with E-state index in [9.17, 15) is 15.0 Å². The molecular formula is C60H107NO3. The first kappa shape index (κ1) is 61.6. The Labute approximate surface area is 399 Å². The monoisotopic (exact) mass is 890 g/mol. The predicted octanol–water partition coefficient (Wildman–Crippen LogP) is 18.4. The molecule has 0 aliphatic rings. The average molecular weight is 891 g/mol. The Balaban J connectivity index is 3.48. The number of aliphatic hydroxyl groups is 2. The molecular weight excluding hydrogens is 783 g/mol. The van der Waals surface area contributed by atoms with Gasteiger partial charge in [-0.25, -0.2) is 0 Å². The fourth-order valence-electron chi connectivity index (χ4n) is 8.18. The average Bonchev–Trinajstić information content (AvgIpc) is 3.30. The number of rotatable bonds is 50. The molecule has 2 atom stereocenters. The van der Waals surface area contributed by atoms with Crippen LogP contribution in [0.2, 0.25) is 0 Å². The Kier molecular flexibility index (Phi) is 52.8. The van der Waals surface area contributed by atoms with Gasteiger partial charge in [0.05, 0.1) is 18.8 Å².